The minimum absolute atomic E-state index is 0.112. The van der Waals surface area contributed by atoms with E-state index < -0.39 is 17.6 Å². The van der Waals surface area contributed by atoms with E-state index >= 15 is 0 Å². The van der Waals surface area contributed by atoms with Gasteiger partial charge in [0.2, 0.25) is 0 Å². The lowest BCUT2D eigenvalue weighted by atomic mass is 10.2. The number of aryl methyl sites for hydroxylation is 1. The van der Waals surface area contributed by atoms with Crippen molar-refractivity contribution in [2.24, 2.45) is 0 Å². The third-order valence-corrected chi connectivity index (χ3v) is 2.99. The standard InChI is InChI=1S/C14H16F3N3O/c1-4-10-12(13(21)18-8(2)3)20-7-9(14(15,16)17)5-6-11(20)19-10/h5-8H,4H2,1-3H3,(H,18,21). The molecule has 4 nitrogen and oxygen atoms in total. The average molecular weight is 299 g/mol. The van der Waals surface area contributed by atoms with E-state index in [1.807, 2.05) is 0 Å². The van der Waals surface area contributed by atoms with Crippen LogP contribution >= 0.6 is 0 Å². The summed E-state index contributed by atoms with van der Waals surface area (Å²) in [4.78, 5) is 16.4. The number of rotatable bonds is 3. The zero-order valence-electron chi connectivity index (χ0n) is 12.0. The van der Waals surface area contributed by atoms with Crippen LogP contribution < -0.4 is 5.32 Å². The van der Waals surface area contributed by atoms with E-state index in [1.54, 1.807) is 20.8 Å². The van der Waals surface area contributed by atoms with Gasteiger partial charge < -0.3 is 5.32 Å². The number of hydrogen-bond acceptors (Lipinski definition) is 2. The minimum Gasteiger partial charge on any atom is -0.349 e. The highest BCUT2D eigenvalue weighted by Gasteiger charge is 2.31. The number of carbonyl (C=O) groups excluding carboxylic acids is 1. The summed E-state index contributed by atoms with van der Waals surface area (Å²) in [5.74, 6) is -0.423. The van der Waals surface area contributed by atoms with Crippen LogP contribution in [0.2, 0.25) is 0 Å². The van der Waals surface area contributed by atoms with Gasteiger partial charge in [0.05, 0.1) is 11.3 Å². The fourth-order valence-corrected chi connectivity index (χ4v) is 2.08. The van der Waals surface area contributed by atoms with Crippen molar-refractivity contribution in [3.63, 3.8) is 0 Å². The number of amides is 1. The summed E-state index contributed by atoms with van der Waals surface area (Å²) < 4.78 is 39.6. The first-order chi connectivity index (χ1) is 9.74. The lowest BCUT2D eigenvalue weighted by molar-refractivity contribution is -0.137. The first-order valence-corrected chi connectivity index (χ1v) is 6.63. The Morgan fingerprint density at radius 3 is 2.57 bits per heavy atom. The van der Waals surface area contributed by atoms with Gasteiger partial charge in [0.25, 0.3) is 5.91 Å². The van der Waals surface area contributed by atoms with Gasteiger partial charge in [0.15, 0.2) is 0 Å². The summed E-state index contributed by atoms with van der Waals surface area (Å²) in [6.07, 6.45) is -3.09. The Balaban J connectivity index is 2.62. The summed E-state index contributed by atoms with van der Waals surface area (Å²) in [5, 5.41) is 2.69. The number of pyridine rings is 1. The molecule has 0 radical (unpaired) electrons. The second-order valence-electron chi connectivity index (χ2n) is 5.03. The third kappa shape index (κ3) is 3.01. The van der Waals surface area contributed by atoms with Gasteiger partial charge >= 0.3 is 6.18 Å². The molecule has 0 aliphatic rings. The molecular formula is C14H16F3N3O. The van der Waals surface area contributed by atoms with Crippen LogP contribution in [0.1, 0.15) is 42.5 Å². The molecular weight excluding hydrogens is 283 g/mol. The van der Waals surface area contributed by atoms with E-state index in [0.29, 0.717) is 17.8 Å². The highest BCUT2D eigenvalue weighted by molar-refractivity contribution is 5.94. The van der Waals surface area contributed by atoms with Gasteiger partial charge in [0, 0.05) is 12.2 Å². The molecule has 0 fully saturated rings. The summed E-state index contributed by atoms with van der Waals surface area (Å²) >= 11 is 0. The highest BCUT2D eigenvalue weighted by Crippen LogP contribution is 2.29. The predicted molar refractivity (Wildman–Crippen MR) is 72.2 cm³/mol. The summed E-state index contributed by atoms with van der Waals surface area (Å²) in [6.45, 7) is 5.38. The van der Waals surface area contributed by atoms with Crippen molar-refractivity contribution >= 4 is 11.6 Å². The quantitative estimate of drug-likeness (QED) is 0.947. The predicted octanol–water partition coefficient (Wildman–Crippen LogP) is 3.05. The fourth-order valence-electron chi connectivity index (χ4n) is 2.08. The molecule has 114 valence electrons. The lowest BCUT2D eigenvalue weighted by Crippen LogP contribution is -2.31. The van der Waals surface area contributed by atoms with Gasteiger partial charge in [-0.1, -0.05) is 6.92 Å². The van der Waals surface area contributed by atoms with E-state index in [-0.39, 0.29) is 11.7 Å². The Kier molecular flexibility index (Phi) is 3.93. The number of nitrogens with one attached hydrogen (secondary N) is 1. The zero-order chi connectivity index (χ0) is 15.8. The van der Waals surface area contributed by atoms with E-state index in [4.69, 9.17) is 0 Å². The van der Waals surface area contributed by atoms with Crippen molar-refractivity contribution in [1.29, 1.82) is 0 Å². The number of aromatic nitrogens is 2. The first-order valence-electron chi connectivity index (χ1n) is 6.63. The van der Waals surface area contributed by atoms with Crippen LogP contribution in [0.25, 0.3) is 5.65 Å². The van der Waals surface area contributed by atoms with E-state index in [0.717, 1.165) is 12.3 Å². The van der Waals surface area contributed by atoms with Crippen molar-refractivity contribution < 1.29 is 18.0 Å². The van der Waals surface area contributed by atoms with Crippen LogP contribution in [0.3, 0.4) is 0 Å². The van der Waals surface area contributed by atoms with Crippen molar-refractivity contribution in [2.75, 3.05) is 0 Å². The van der Waals surface area contributed by atoms with Crippen LogP contribution in [-0.4, -0.2) is 21.3 Å². The monoisotopic (exact) mass is 299 g/mol. The molecule has 7 heteroatoms. The molecule has 1 N–H and O–H groups in total. The SMILES string of the molecule is CCc1nc2ccc(C(F)(F)F)cn2c1C(=O)NC(C)C. The van der Waals surface area contributed by atoms with Gasteiger partial charge in [-0.15, -0.1) is 0 Å². The largest absolute Gasteiger partial charge is 0.417 e. The number of hydrogen-bond donors (Lipinski definition) is 1. The number of halogens is 3. The highest BCUT2D eigenvalue weighted by atomic mass is 19.4. The Hall–Kier alpha value is -2.05. The van der Waals surface area contributed by atoms with Crippen molar-refractivity contribution in [3.05, 3.63) is 35.3 Å². The summed E-state index contributed by atoms with van der Waals surface area (Å²) in [6, 6.07) is 2.12. The van der Waals surface area contributed by atoms with Crippen LogP contribution in [0.5, 0.6) is 0 Å². The number of carbonyl (C=O) groups is 1. The summed E-state index contributed by atoms with van der Waals surface area (Å²) in [5.41, 5.74) is 0.155. The molecule has 0 aromatic carbocycles. The maximum Gasteiger partial charge on any atom is 0.417 e. The maximum absolute atomic E-state index is 12.8. The van der Waals surface area contributed by atoms with Gasteiger partial charge in [-0.25, -0.2) is 4.98 Å². The second-order valence-corrected chi connectivity index (χ2v) is 5.03. The lowest BCUT2D eigenvalue weighted by Gasteiger charge is -2.11. The molecule has 2 aromatic heterocycles. The van der Waals surface area contributed by atoms with Crippen molar-refractivity contribution in [1.82, 2.24) is 14.7 Å². The molecule has 0 bridgehead atoms. The molecule has 0 aliphatic carbocycles. The maximum atomic E-state index is 12.8. The molecule has 2 aromatic rings. The van der Waals surface area contributed by atoms with E-state index in [1.165, 1.54) is 10.5 Å². The van der Waals surface area contributed by atoms with Crippen molar-refractivity contribution in [2.45, 2.75) is 39.4 Å². The normalized spacial score (nSPS) is 12.1. The number of alkyl halides is 3. The van der Waals surface area contributed by atoms with Gasteiger partial charge in [-0.05, 0) is 32.4 Å². The van der Waals surface area contributed by atoms with Crippen molar-refractivity contribution in [3.8, 4) is 0 Å². The van der Waals surface area contributed by atoms with Gasteiger partial charge in [0.1, 0.15) is 11.3 Å². The minimum atomic E-state index is -4.46. The molecule has 0 atom stereocenters. The fraction of sp³-hybridized carbons (Fsp3) is 0.429. The molecule has 0 saturated carbocycles. The molecule has 21 heavy (non-hydrogen) atoms. The number of nitrogens with zero attached hydrogens (tertiary/aromatic N) is 2. The van der Waals surface area contributed by atoms with Crippen LogP contribution in [0.4, 0.5) is 13.2 Å². The molecule has 2 heterocycles. The van der Waals surface area contributed by atoms with Gasteiger partial charge in [-0.3, -0.25) is 9.20 Å². The smallest absolute Gasteiger partial charge is 0.349 e. The topological polar surface area (TPSA) is 46.4 Å². The van der Waals surface area contributed by atoms with Crippen LogP contribution in [0, 0.1) is 0 Å². The molecule has 0 aliphatic heterocycles. The van der Waals surface area contributed by atoms with Gasteiger partial charge in [-0.2, -0.15) is 13.2 Å². The first kappa shape index (κ1) is 15.3. The zero-order valence-corrected chi connectivity index (χ0v) is 12.0. The Bertz CT molecular complexity index is 674. The Labute approximate surface area is 120 Å². The number of fused-ring (bicyclic) bond motifs is 1. The Morgan fingerprint density at radius 1 is 1.38 bits per heavy atom. The van der Waals surface area contributed by atoms with E-state index in [9.17, 15) is 18.0 Å². The van der Waals surface area contributed by atoms with E-state index in [2.05, 4.69) is 10.3 Å². The number of imidazole rings is 1. The average Bonchev–Trinajstić information content (AvgIpc) is 2.74. The van der Waals surface area contributed by atoms with Crippen LogP contribution in [0.15, 0.2) is 18.3 Å². The Morgan fingerprint density at radius 2 is 2.05 bits per heavy atom. The summed E-state index contributed by atoms with van der Waals surface area (Å²) in [7, 11) is 0. The molecule has 0 unspecified atom stereocenters. The second kappa shape index (κ2) is 5.38. The third-order valence-electron chi connectivity index (χ3n) is 2.99. The molecule has 0 saturated heterocycles. The molecule has 1 amide bonds. The molecule has 0 spiro atoms. The molecule has 2 rings (SSSR count). The van der Waals surface area contributed by atoms with Crippen LogP contribution in [-0.2, 0) is 12.6 Å².